The summed E-state index contributed by atoms with van der Waals surface area (Å²) in [6, 6.07) is 7.04. The van der Waals surface area contributed by atoms with Gasteiger partial charge in [-0.3, -0.25) is 15.6 Å². The summed E-state index contributed by atoms with van der Waals surface area (Å²) < 4.78 is 0. The number of carbonyl (C=O) groups excluding carboxylic acids is 1. The molecular formula is C20H31N5O. The van der Waals surface area contributed by atoms with Gasteiger partial charge in [0.15, 0.2) is 0 Å². The second-order valence-electron chi connectivity index (χ2n) is 7.50. The van der Waals surface area contributed by atoms with Gasteiger partial charge >= 0.3 is 0 Å². The van der Waals surface area contributed by atoms with E-state index in [-0.39, 0.29) is 5.91 Å². The maximum absolute atomic E-state index is 12.6. The molecule has 3 rings (SSSR count). The second kappa shape index (κ2) is 8.18. The highest BCUT2D eigenvalue weighted by atomic mass is 16.2. The third-order valence-electron chi connectivity index (χ3n) is 5.55. The Morgan fingerprint density at radius 3 is 2.65 bits per heavy atom. The lowest BCUT2D eigenvalue weighted by atomic mass is 9.91. The molecule has 1 aromatic carbocycles. The Hall–Kier alpha value is -1.92. The van der Waals surface area contributed by atoms with Crippen LogP contribution in [0, 0.1) is 12.8 Å². The number of hydrazine groups is 1. The Balaban J connectivity index is 1.53. The third-order valence-corrected chi connectivity index (χ3v) is 5.55. The summed E-state index contributed by atoms with van der Waals surface area (Å²) in [5, 5.41) is 0. The lowest BCUT2D eigenvalue weighted by molar-refractivity contribution is -0.131. The van der Waals surface area contributed by atoms with Crippen molar-refractivity contribution in [2.75, 3.05) is 13.1 Å². The van der Waals surface area contributed by atoms with Gasteiger partial charge < -0.3 is 9.88 Å². The molecule has 1 aliphatic heterocycles. The first-order valence-corrected chi connectivity index (χ1v) is 9.72. The fraction of sp³-hybridized carbons (Fsp3) is 0.600. The van der Waals surface area contributed by atoms with E-state index in [1.54, 1.807) is 0 Å². The summed E-state index contributed by atoms with van der Waals surface area (Å²) >= 11 is 0. The van der Waals surface area contributed by atoms with Crippen LogP contribution in [0.15, 0.2) is 18.2 Å². The number of likely N-dealkylation sites (N-methyl/N-ethyl adjacent to an activating group) is 1. The number of amides is 1. The van der Waals surface area contributed by atoms with Gasteiger partial charge in [-0.05, 0) is 57.7 Å². The van der Waals surface area contributed by atoms with Gasteiger partial charge in [-0.1, -0.05) is 6.07 Å². The summed E-state index contributed by atoms with van der Waals surface area (Å²) in [5.41, 5.74) is 9.80. The van der Waals surface area contributed by atoms with Crippen molar-refractivity contribution in [1.29, 1.82) is 0 Å². The fourth-order valence-corrected chi connectivity index (χ4v) is 3.85. The van der Waals surface area contributed by atoms with Gasteiger partial charge in [-0.2, -0.15) is 0 Å². The van der Waals surface area contributed by atoms with Crippen LogP contribution in [0.2, 0.25) is 0 Å². The van der Waals surface area contributed by atoms with E-state index in [0.717, 1.165) is 36.2 Å². The predicted molar refractivity (Wildman–Crippen MR) is 105 cm³/mol. The lowest BCUT2D eigenvalue weighted by Crippen LogP contribution is -2.34. The summed E-state index contributed by atoms with van der Waals surface area (Å²) in [4.78, 5) is 22.6. The summed E-state index contributed by atoms with van der Waals surface area (Å²) in [7, 11) is 0. The van der Waals surface area contributed by atoms with E-state index in [9.17, 15) is 4.79 Å². The highest BCUT2D eigenvalue weighted by molar-refractivity contribution is 5.76. The molecule has 2 aromatic rings. The molecule has 0 saturated carbocycles. The molecule has 1 saturated heterocycles. The van der Waals surface area contributed by atoms with Crippen LogP contribution in [0.5, 0.6) is 0 Å². The zero-order valence-electron chi connectivity index (χ0n) is 16.3. The average molecular weight is 358 g/mol. The molecule has 1 aromatic heterocycles. The molecule has 1 fully saturated rings. The van der Waals surface area contributed by atoms with Crippen molar-refractivity contribution in [3.63, 3.8) is 0 Å². The molecule has 2 atom stereocenters. The molecule has 142 valence electrons. The van der Waals surface area contributed by atoms with E-state index in [0.29, 0.717) is 31.0 Å². The quantitative estimate of drug-likeness (QED) is 0.712. The predicted octanol–water partition coefficient (Wildman–Crippen LogP) is 2.54. The molecule has 0 bridgehead atoms. The molecule has 6 heteroatoms. The van der Waals surface area contributed by atoms with Crippen molar-refractivity contribution in [3.8, 4) is 0 Å². The number of nitrogens with one attached hydrogen (secondary N) is 3. The Bertz CT molecular complexity index is 746. The van der Waals surface area contributed by atoms with Crippen molar-refractivity contribution in [2.45, 2.75) is 59.0 Å². The lowest BCUT2D eigenvalue weighted by Gasteiger charge is -2.23. The molecule has 6 nitrogen and oxygen atoms in total. The van der Waals surface area contributed by atoms with E-state index in [4.69, 9.17) is 0 Å². The zero-order valence-corrected chi connectivity index (χ0v) is 16.3. The third kappa shape index (κ3) is 4.24. The first kappa shape index (κ1) is 18.9. The Morgan fingerprint density at radius 1 is 1.23 bits per heavy atom. The summed E-state index contributed by atoms with van der Waals surface area (Å²) in [5.74, 6) is 1.69. The smallest absolute Gasteiger partial charge is 0.222 e. The number of carbonyl (C=O) groups is 1. The van der Waals surface area contributed by atoms with Crippen molar-refractivity contribution < 1.29 is 4.79 Å². The number of fused-ring (bicyclic) bond motifs is 1. The molecule has 0 aliphatic carbocycles. The van der Waals surface area contributed by atoms with Gasteiger partial charge in [0.1, 0.15) is 5.82 Å². The Kier molecular flexibility index (Phi) is 5.94. The van der Waals surface area contributed by atoms with E-state index < -0.39 is 0 Å². The molecule has 2 heterocycles. The van der Waals surface area contributed by atoms with Gasteiger partial charge in [0.25, 0.3) is 0 Å². The number of aromatic amines is 1. The zero-order chi connectivity index (χ0) is 18.7. The first-order valence-electron chi connectivity index (χ1n) is 9.72. The highest BCUT2D eigenvalue weighted by Crippen LogP contribution is 2.20. The van der Waals surface area contributed by atoms with E-state index in [1.807, 2.05) is 17.9 Å². The van der Waals surface area contributed by atoms with E-state index in [2.05, 4.69) is 53.7 Å². The number of H-pyrrole nitrogens is 1. The Labute approximate surface area is 155 Å². The first-order chi connectivity index (χ1) is 12.5. The maximum atomic E-state index is 12.6. The molecule has 26 heavy (non-hydrogen) atoms. The number of hydrogen-bond donors (Lipinski definition) is 3. The number of rotatable bonds is 7. The highest BCUT2D eigenvalue weighted by Gasteiger charge is 2.30. The van der Waals surface area contributed by atoms with Crippen molar-refractivity contribution in [1.82, 2.24) is 25.7 Å². The number of aromatic nitrogens is 2. The monoisotopic (exact) mass is 357 g/mol. The molecule has 1 aliphatic rings. The topological polar surface area (TPSA) is 73.0 Å². The largest absolute Gasteiger partial charge is 0.343 e. The minimum absolute atomic E-state index is 0.241. The van der Waals surface area contributed by atoms with Crippen LogP contribution in [0.3, 0.4) is 0 Å². The van der Waals surface area contributed by atoms with Crippen LogP contribution in [-0.2, 0) is 11.2 Å². The van der Waals surface area contributed by atoms with E-state index in [1.165, 1.54) is 5.56 Å². The summed E-state index contributed by atoms with van der Waals surface area (Å²) in [6.07, 6.45) is 2.28. The summed E-state index contributed by atoms with van der Waals surface area (Å²) in [6.45, 7) is 9.92. The van der Waals surface area contributed by atoms with Crippen LogP contribution in [0.1, 0.15) is 45.0 Å². The Morgan fingerprint density at radius 2 is 1.96 bits per heavy atom. The minimum atomic E-state index is 0.241. The minimum Gasteiger partial charge on any atom is -0.343 e. The van der Waals surface area contributed by atoms with Gasteiger partial charge in [0, 0.05) is 38.0 Å². The van der Waals surface area contributed by atoms with Crippen molar-refractivity contribution in [3.05, 3.63) is 29.6 Å². The number of aryl methyl sites for hydroxylation is 1. The molecule has 0 spiro atoms. The molecule has 3 N–H and O–H groups in total. The molecule has 0 radical (unpaired) electrons. The number of benzene rings is 1. The van der Waals surface area contributed by atoms with Gasteiger partial charge in [0.05, 0.1) is 11.0 Å². The van der Waals surface area contributed by atoms with Gasteiger partial charge in [-0.15, -0.1) is 0 Å². The molecule has 2 unspecified atom stereocenters. The standard InChI is InChI=1S/C20H31N5O/c1-5-25(20(26)9-7-16-14(3)23-24-15(16)4)11-10-19-21-17-8-6-13(2)12-18(17)22-19/h6,8,12,14-16,23-24H,5,7,9-11H2,1-4H3,(H,21,22). The van der Waals surface area contributed by atoms with Gasteiger partial charge in [-0.25, -0.2) is 4.98 Å². The molecule has 1 amide bonds. The normalized spacial score (nSPS) is 22.8. The van der Waals surface area contributed by atoms with Crippen molar-refractivity contribution >= 4 is 16.9 Å². The fourth-order valence-electron chi connectivity index (χ4n) is 3.85. The maximum Gasteiger partial charge on any atom is 0.222 e. The van der Waals surface area contributed by atoms with Crippen LogP contribution >= 0.6 is 0 Å². The van der Waals surface area contributed by atoms with Crippen LogP contribution in [-0.4, -0.2) is 45.9 Å². The average Bonchev–Trinajstić information content (AvgIpc) is 3.16. The SMILES string of the molecule is CCN(CCc1nc2ccc(C)cc2[nH]1)C(=O)CCC1C(C)NNC1C. The molecular weight excluding hydrogens is 326 g/mol. The number of hydrogen-bond acceptors (Lipinski definition) is 4. The second-order valence-corrected chi connectivity index (χ2v) is 7.50. The van der Waals surface area contributed by atoms with Crippen LogP contribution in [0.25, 0.3) is 11.0 Å². The van der Waals surface area contributed by atoms with Crippen LogP contribution < -0.4 is 10.9 Å². The van der Waals surface area contributed by atoms with Gasteiger partial charge in [0.2, 0.25) is 5.91 Å². The van der Waals surface area contributed by atoms with E-state index >= 15 is 0 Å². The number of nitrogens with zero attached hydrogens (tertiary/aromatic N) is 2. The van der Waals surface area contributed by atoms with Crippen molar-refractivity contribution in [2.24, 2.45) is 5.92 Å². The van der Waals surface area contributed by atoms with Crippen LogP contribution in [0.4, 0.5) is 0 Å². The number of imidazole rings is 1.